The minimum absolute atomic E-state index is 0.552. The van der Waals surface area contributed by atoms with Gasteiger partial charge in [-0.25, -0.2) is 4.98 Å². The van der Waals surface area contributed by atoms with Gasteiger partial charge in [0.1, 0.15) is 0 Å². The van der Waals surface area contributed by atoms with E-state index in [1.165, 1.54) is 5.56 Å². The van der Waals surface area contributed by atoms with Crippen molar-refractivity contribution in [2.75, 3.05) is 5.32 Å². The van der Waals surface area contributed by atoms with Crippen molar-refractivity contribution >= 4 is 5.95 Å². The average molecular weight is 186 g/mol. The SMILES string of the molecule is c1ccc(CNc2nccnn2)cc1. The van der Waals surface area contributed by atoms with Crippen molar-refractivity contribution < 1.29 is 0 Å². The Kier molecular flexibility index (Phi) is 2.66. The van der Waals surface area contributed by atoms with Crippen LogP contribution in [0.1, 0.15) is 5.56 Å². The summed E-state index contributed by atoms with van der Waals surface area (Å²) in [6.45, 7) is 0.715. The van der Waals surface area contributed by atoms with Crippen LogP contribution in [0, 0.1) is 0 Å². The lowest BCUT2D eigenvalue weighted by Gasteiger charge is -2.02. The fraction of sp³-hybridized carbons (Fsp3) is 0.100. The van der Waals surface area contributed by atoms with E-state index >= 15 is 0 Å². The monoisotopic (exact) mass is 186 g/mol. The molecule has 0 radical (unpaired) electrons. The third kappa shape index (κ3) is 2.26. The number of hydrogen-bond acceptors (Lipinski definition) is 4. The van der Waals surface area contributed by atoms with Crippen molar-refractivity contribution in [3.63, 3.8) is 0 Å². The third-order valence-corrected chi connectivity index (χ3v) is 1.78. The Bertz CT molecular complexity index is 334. The molecule has 0 aliphatic carbocycles. The molecule has 2 rings (SSSR count). The highest BCUT2D eigenvalue weighted by atomic mass is 15.2. The van der Waals surface area contributed by atoms with Gasteiger partial charge in [-0.1, -0.05) is 30.3 Å². The quantitative estimate of drug-likeness (QED) is 0.788. The Balaban J connectivity index is 1.96. The van der Waals surface area contributed by atoms with Crippen LogP contribution in [0.3, 0.4) is 0 Å². The molecule has 1 aromatic carbocycles. The number of aromatic nitrogens is 3. The van der Waals surface area contributed by atoms with E-state index in [9.17, 15) is 0 Å². The summed E-state index contributed by atoms with van der Waals surface area (Å²) < 4.78 is 0. The average Bonchev–Trinajstić information content (AvgIpc) is 2.29. The summed E-state index contributed by atoms with van der Waals surface area (Å²) in [6.07, 6.45) is 3.16. The molecule has 0 saturated carbocycles. The second-order valence-corrected chi connectivity index (χ2v) is 2.81. The van der Waals surface area contributed by atoms with E-state index < -0.39 is 0 Å². The summed E-state index contributed by atoms with van der Waals surface area (Å²) in [7, 11) is 0. The molecule has 0 saturated heterocycles. The van der Waals surface area contributed by atoms with Crippen LogP contribution in [-0.2, 0) is 6.54 Å². The van der Waals surface area contributed by atoms with Crippen molar-refractivity contribution in [2.45, 2.75) is 6.54 Å². The summed E-state index contributed by atoms with van der Waals surface area (Å²) in [5, 5.41) is 10.6. The Labute approximate surface area is 82.0 Å². The summed E-state index contributed by atoms with van der Waals surface area (Å²) in [5.41, 5.74) is 1.19. The van der Waals surface area contributed by atoms with Gasteiger partial charge >= 0.3 is 0 Å². The summed E-state index contributed by atoms with van der Waals surface area (Å²) >= 11 is 0. The number of nitrogens with one attached hydrogen (secondary N) is 1. The molecule has 0 atom stereocenters. The second kappa shape index (κ2) is 4.32. The predicted octanol–water partition coefficient (Wildman–Crippen LogP) is 1.48. The molecule has 1 N–H and O–H groups in total. The highest BCUT2D eigenvalue weighted by Crippen LogP contribution is 2.01. The molecule has 0 unspecified atom stereocenters. The standard InChI is InChI=1S/C10H10N4/c1-2-4-9(5-3-1)8-12-10-11-6-7-13-14-10/h1-7H,8H2,(H,11,12,14). The summed E-state index contributed by atoms with van der Waals surface area (Å²) in [4.78, 5) is 4.01. The van der Waals surface area contributed by atoms with Gasteiger partial charge < -0.3 is 5.32 Å². The first kappa shape index (κ1) is 8.62. The summed E-state index contributed by atoms with van der Waals surface area (Å²) in [5.74, 6) is 0.552. The molecule has 70 valence electrons. The third-order valence-electron chi connectivity index (χ3n) is 1.78. The minimum atomic E-state index is 0.552. The zero-order chi connectivity index (χ0) is 9.64. The van der Waals surface area contributed by atoms with Crippen LogP contribution < -0.4 is 5.32 Å². The van der Waals surface area contributed by atoms with Crippen molar-refractivity contribution in [1.82, 2.24) is 15.2 Å². The molecule has 4 nitrogen and oxygen atoms in total. The lowest BCUT2D eigenvalue weighted by molar-refractivity contribution is 0.945. The molecule has 14 heavy (non-hydrogen) atoms. The Morgan fingerprint density at radius 2 is 1.93 bits per heavy atom. The van der Waals surface area contributed by atoms with E-state index in [1.807, 2.05) is 30.3 Å². The van der Waals surface area contributed by atoms with Crippen molar-refractivity contribution in [3.05, 3.63) is 48.3 Å². The molecule has 0 aliphatic heterocycles. The summed E-state index contributed by atoms with van der Waals surface area (Å²) in [6, 6.07) is 10.1. The number of benzene rings is 1. The Morgan fingerprint density at radius 3 is 2.64 bits per heavy atom. The minimum Gasteiger partial charge on any atom is -0.349 e. The first-order valence-corrected chi connectivity index (χ1v) is 4.36. The fourth-order valence-electron chi connectivity index (χ4n) is 1.11. The highest BCUT2D eigenvalue weighted by Gasteiger charge is 1.93. The van der Waals surface area contributed by atoms with Crippen LogP contribution in [0.15, 0.2) is 42.7 Å². The number of hydrogen-bond donors (Lipinski definition) is 1. The van der Waals surface area contributed by atoms with Gasteiger partial charge in [0.15, 0.2) is 0 Å². The lowest BCUT2D eigenvalue weighted by Crippen LogP contribution is -2.03. The van der Waals surface area contributed by atoms with Crippen LogP contribution >= 0.6 is 0 Å². The van der Waals surface area contributed by atoms with Gasteiger partial charge in [0.05, 0.1) is 12.4 Å². The molecular weight excluding hydrogens is 176 g/mol. The topological polar surface area (TPSA) is 50.7 Å². The van der Waals surface area contributed by atoms with Gasteiger partial charge in [-0.15, -0.1) is 5.10 Å². The Morgan fingerprint density at radius 1 is 1.07 bits per heavy atom. The van der Waals surface area contributed by atoms with E-state index in [-0.39, 0.29) is 0 Å². The molecule has 4 heteroatoms. The largest absolute Gasteiger partial charge is 0.349 e. The van der Waals surface area contributed by atoms with Gasteiger partial charge in [-0.3, -0.25) is 0 Å². The van der Waals surface area contributed by atoms with Gasteiger partial charge in [-0.05, 0) is 5.56 Å². The molecular formula is C10H10N4. The first-order chi connectivity index (χ1) is 6.95. The first-order valence-electron chi connectivity index (χ1n) is 4.36. The van der Waals surface area contributed by atoms with Crippen LogP contribution in [0.4, 0.5) is 5.95 Å². The molecule has 0 bridgehead atoms. The lowest BCUT2D eigenvalue weighted by atomic mass is 10.2. The van der Waals surface area contributed by atoms with E-state index in [0.717, 1.165) is 0 Å². The fourth-order valence-corrected chi connectivity index (χ4v) is 1.11. The second-order valence-electron chi connectivity index (χ2n) is 2.81. The zero-order valence-corrected chi connectivity index (χ0v) is 7.59. The van der Waals surface area contributed by atoms with E-state index in [0.29, 0.717) is 12.5 Å². The van der Waals surface area contributed by atoms with Crippen LogP contribution in [0.25, 0.3) is 0 Å². The van der Waals surface area contributed by atoms with Crippen LogP contribution in [0.5, 0.6) is 0 Å². The number of nitrogens with zero attached hydrogens (tertiary/aromatic N) is 3. The molecule has 0 spiro atoms. The smallest absolute Gasteiger partial charge is 0.242 e. The molecule has 0 aliphatic rings. The molecule has 0 amide bonds. The maximum absolute atomic E-state index is 4.01. The van der Waals surface area contributed by atoms with Gasteiger partial charge in [0, 0.05) is 6.54 Å². The van der Waals surface area contributed by atoms with E-state index in [2.05, 4.69) is 20.5 Å². The number of rotatable bonds is 3. The van der Waals surface area contributed by atoms with Crippen molar-refractivity contribution in [1.29, 1.82) is 0 Å². The van der Waals surface area contributed by atoms with Crippen molar-refractivity contribution in [3.8, 4) is 0 Å². The maximum Gasteiger partial charge on any atom is 0.242 e. The van der Waals surface area contributed by atoms with Gasteiger partial charge in [-0.2, -0.15) is 5.10 Å². The molecule has 1 aromatic heterocycles. The van der Waals surface area contributed by atoms with Crippen molar-refractivity contribution in [2.24, 2.45) is 0 Å². The maximum atomic E-state index is 4.01. The Hall–Kier alpha value is -1.97. The molecule has 2 aromatic rings. The van der Waals surface area contributed by atoms with E-state index in [4.69, 9.17) is 0 Å². The highest BCUT2D eigenvalue weighted by molar-refractivity contribution is 5.25. The van der Waals surface area contributed by atoms with Gasteiger partial charge in [0.25, 0.3) is 0 Å². The normalized spacial score (nSPS) is 9.71. The molecule has 1 heterocycles. The zero-order valence-electron chi connectivity index (χ0n) is 7.59. The van der Waals surface area contributed by atoms with E-state index in [1.54, 1.807) is 12.4 Å². The van der Waals surface area contributed by atoms with Crippen LogP contribution in [0.2, 0.25) is 0 Å². The molecule has 0 fully saturated rings. The van der Waals surface area contributed by atoms with Gasteiger partial charge in [0.2, 0.25) is 5.95 Å². The predicted molar refractivity (Wildman–Crippen MR) is 53.6 cm³/mol. The van der Waals surface area contributed by atoms with Crippen LogP contribution in [-0.4, -0.2) is 15.2 Å². The number of anilines is 1.